The van der Waals surface area contributed by atoms with Crippen LogP contribution in [0.3, 0.4) is 0 Å². The molecule has 1 aromatic heterocycles. The Labute approximate surface area is 245 Å². The molecule has 1 atom stereocenters. The lowest BCUT2D eigenvalue weighted by Gasteiger charge is -2.35. The van der Waals surface area contributed by atoms with E-state index < -0.39 is 11.9 Å². The molecule has 1 aliphatic rings. The van der Waals surface area contributed by atoms with Gasteiger partial charge in [0.05, 0.1) is 5.02 Å². The van der Waals surface area contributed by atoms with Gasteiger partial charge in [0.15, 0.2) is 11.6 Å². The molecule has 1 unspecified atom stereocenters. The van der Waals surface area contributed by atoms with Crippen molar-refractivity contribution in [1.29, 1.82) is 0 Å². The SMILES string of the molecule is CCN(CC)CCN1CCN(C(=O)c2ccc(-c3cnc(N)c(OC(C)c4c(Cl)ccc(F)c4Cl)c3)cc2)CC1. The average molecular weight is 589 g/mol. The zero-order valence-electron chi connectivity index (χ0n) is 23.2. The molecule has 0 spiro atoms. The minimum absolute atomic E-state index is 0.0343. The van der Waals surface area contributed by atoms with Gasteiger partial charge in [0.25, 0.3) is 5.91 Å². The first kappa shape index (κ1) is 30.1. The lowest BCUT2D eigenvalue weighted by Crippen LogP contribution is -2.50. The van der Waals surface area contributed by atoms with Crippen LogP contribution in [0.15, 0.2) is 48.7 Å². The van der Waals surface area contributed by atoms with E-state index in [9.17, 15) is 9.18 Å². The van der Waals surface area contributed by atoms with Crippen LogP contribution in [0.1, 0.15) is 42.8 Å². The summed E-state index contributed by atoms with van der Waals surface area (Å²) in [6, 6.07) is 11.8. The summed E-state index contributed by atoms with van der Waals surface area (Å²) in [7, 11) is 0. The van der Waals surface area contributed by atoms with Crippen LogP contribution in [0, 0.1) is 5.82 Å². The molecule has 2 heterocycles. The zero-order chi connectivity index (χ0) is 28.8. The Balaban J connectivity index is 1.40. The van der Waals surface area contributed by atoms with Gasteiger partial charge in [0.2, 0.25) is 0 Å². The number of carbonyl (C=O) groups is 1. The number of anilines is 1. The summed E-state index contributed by atoms with van der Waals surface area (Å²) < 4.78 is 20.0. The fraction of sp³-hybridized carbons (Fsp3) is 0.400. The number of hydrogen-bond acceptors (Lipinski definition) is 6. The maximum Gasteiger partial charge on any atom is 0.253 e. The van der Waals surface area contributed by atoms with E-state index in [1.807, 2.05) is 29.2 Å². The second-order valence-electron chi connectivity index (χ2n) is 9.86. The van der Waals surface area contributed by atoms with Crippen LogP contribution in [0.5, 0.6) is 5.75 Å². The summed E-state index contributed by atoms with van der Waals surface area (Å²) in [6.45, 7) is 13.5. The molecule has 1 fully saturated rings. The summed E-state index contributed by atoms with van der Waals surface area (Å²) in [5, 5.41) is 0.201. The van der Waals surface area contributed by atoms with E-state index in [0.29, 0.717) is 21.9 Å². The number of likely N-dealkylation sites (N-methyl/N-ethyl adjacent to an activating group) is 1. The average Bonchev–Trinajstić information content (AvgIpc) is 2.97. The summed E-state index contributed by atoms with van der Waals surface area (Å²) in [5.74, 6) is -0.0436. The van der Waals surface area contributed by atoms with Crippen LogP contribution in [0.25, 0.3) is 11.1 Å². The van der Waals surface area contributed by atoms with Crippen molar-refractivity contribution in [3.63, 3.8) is 0 Å². The zero-order valence-corrected chi connectivity index (χ0v) is 24.7. The van der Waals surface area contributed by atoms with E-state index >= 15 is 0 Å². The highest BCUT2D eigenvalue weighted by Gasteiger charge is 2.23. The lowest BCUT2D eigenvalue weighted by atomic mass is 10.0. The smallest absolute Gasteiger partial charge is 0.253 e. The normalized spacial score (nSPS) is 14.9. The summed E-state index contributed by atoms with van der Waals surface area (Å²) >= 11 is 12.4. The molecule has 1 saturated heterocycles. The van der Waals surface area contributed by atoms with Crippen molar-refractivity contribution in [3.05, 3.63) is 75.7 Å². The van der Waals surface area contributed by atoms with Crippen LogP contribution < -0.4 is 10.5 Å². The fourth-order valence-corrected chi connectivity index (χ4v) is 5.54. The molecule has 7 nitrogen and oxygen atoms in total. The van der Waals surface area contributed by atoms with E-state index in [-0.39, 0.29) is 16.7 Å². The largest absolute Gasteiger partial charge is 0.482 e. The molecule has 4 rings (SSSR count). The maximum atomic E-state index is 14.0. The molecule has 40 heavy (non-hydrogen) atoms. The predicted octanol–water partition coefficient (Wildman–Crippen LogP) is 6.02. The van der Waals surface area contributed by atoms with Crippen molar-refractivity contribution in [1.82, 2.24) is 19.7 Å². The number of piperazine rings is 1. The predicted molar refractivity (Wildman–Crippen MR) is 160 cm³/mol. The van der Waals surface area contributed by atoms with Gasteiger partial charge in [-0.3, -0.25) is 9.69 Å². The number of carbonyl (C=O) groups excluding carboxylic acids is 1. The maximum absolute atomic E-state index is 14.0. The van der Waals surface area contributed by atoms with Crippen molar-refractivity contribution in [3.8, 4) is 16.9 Å². The minimum atomic E-state index is -0.673. The van der Waals surface area contributed by atoms with Crippen molar-refractivity contribution < 1.29 is 13.9 Å². The Morgan fingerprint density at radius 3 is 2.40 bits per heavy atom. The highest BCUT2D eigenvalue weighted by atomic mass is 35.5. The first-order valence-corrected chi connectivity index (χ1v) is 14.4. The van der Waals surface area contributed by atoms with Gasteiger partial charge in [-0.15, -0.1) is 0 Å². The van der Waals surface area contributed by atoms with Crippen LogP contribution >= 0.6 is 23.2 Å². The Kier molecular flexibility index (Phi) is 10.2. The number of aromatic nitrogens is 1. The van der Waals surface area contributed by atoms with Gasteiger partial charge in [-0.05, 0) is 55.9 Å². The van der Waals surface area contributed by atoms with Gasteiger partial charge >= 0.3 is 0 Å². The van der Waals surface area contributed by atoms with E-state index in [1.54, 1.807) is 19.2 Å². The van der Waals surface area contributed by atoms with Gasteiger partial charge in [0, 0.05) is 67.2 Å². The number of benzene rings is 2. The Bertz CT molecular complexity index is 1310. The van der Waals surface area contributed by atoms with Crippen molar-refractivity contribution in [2.24, 2.45) is 0 Å². The molecule has 3 aromatic rings. The number of rotatable bonds is 10. The molecule has 1 aliphatic heterocycles. The molecule has 10 heteroatoms. The van der Waals surface area contributed by atoms with Gasteiger partial charge in [-0.2, -0.15) is 0 Å². The third kappa shape index (κ3) is 7.04. The molecule has 2 N–H and O–H groups in total. The van der Waals surface area contributed by atoms with E-state index in [0.717, 1.165) is 63.5 Å². The number of hydrogen-bond donors (Lipinski definition) is 1. The van der Waals surface area contributed by atoms with Crippen LogP contribution in [-0.4, -0.2) is 77.9 Å². The summed E-state index contributed by atoms with van der Waals surface area (Å²) in [4.78, 5) is 24.2. The number of pyridine rings is 1. The molecule has 2 aromatic carbocycles. The Morgan fingerprint density at radius 2 is 1.75 bits per heavy atom. The lowest BCUT2D eigenvalue weighted by molar-refractivity contribution is 0.0625. The molecule has 0 saturated carbocycles. The molecule has 0 radical (unpaired) electrons. The van der Waals surface area contributed by atoms with Gasteiger partial charge in [-0.1, -0.05) is 49.2 Å². The van der Waals surface area contributed by atoms with Crippen LogP contribution in [0.4, 0.5) is 10.2 Å². The van der Waals surface area contributed by atoms with E-state index in [4.69, 9.17) is 33.7 Å². The number of nitrogen functional groups attached to an aromatic ring is 1. The molecular formula is C30H36Cl2FN5O2. The molecule has 0 bridgehead atoms. The molecule has 0 aliphatic carbocycles. The van der Waals surface area contributed by atoms with Crippen molar-refractivity contribution in [2.45, 2.75) is 26.9 Å². The van der Waals surface area contributed by atoms with Crippen LogP contribution in [-0.2, 0) is 0 Å². The highest BCUT2D eigenvalue weighted by Crippen LogP contribution is 2.37. The van der Waals surface area contributed by atoms with Crippen LogP contribution in [0.2, 0.25) is 10.0 Å². The summed E-state index contributed by atoms with van der Waals surface area (Å²) in [5.41, 5.74) is 8.66. The first-order valence-electron chi connectivity index (χ1n) is 13.6. The molecular weight excluding hydrogens is 552 g/mol. The van der Waals surface area contributed by atoms with E-state index in [2.05, 4.69) is 28.6 Å². The van der Waals surface area contributed by atoms with Crippen molar-refractivity contribution >= 4 is 34.9 Å². The Hall–Kier alpha value is -2.91. The number of halogens is 3. The topological polar surface area (TPSA) is 74.9 Å². The molecule has 214 valence electrons. The minimum Gasteiger partial charge on any atom is -0.482 e. The Morgan fingerprint density at radius 1 is 1.07 bits per heavy atom. The highest BCUT2D eigenvalue weighted by molar-refractivity contribution is 6.36. The standard InChI is InChI=1S/C30H36Cl2FN5O2/c1-4-36(5-2)12-13-37-14-16-38(17-15-37)30(39)22-8-6-21(7-9-22)23-18-26(29(34)35-19-23)40-20(3)27-24(31)10-11-25(33)28(27)32/h6-11,18-20H,4-5,12-17H2,1-3H3,(H2,34,35). The number of amides is 1. The number of nitrogens with zero attached hydrogens (tertiary/aromatic N) is 4. The monoisotopic (exact) mass is 587 g/mol. The second-order valence-corrected chi connectivity index (χ2v) is 10.6. The molecule has 1 amide bonds. The van der Waals surface area contributed by atoms with E-state index in [1.165, 1.54) is 12.1 Å². The fourth-order valence-electron chi connectivity index (χ4n) is 4.86. The van der Waals surface area contributed by atoms with Gasteiger partial charge < -0.3 is 20.3 Å². The third-order valence-corrected chi connectivity index (χ3v) is 8.14. The quantitative estimate of drug-likeness (QED) is 0.292. The van der Waals surface area contributed by atoms with Gasteiger partial charge in [-0.25, -0.2) is 9.37 Å². The second kappa shape index (κ2) is 13.6. The first-order chi connectivity index (χ1) is 19.2. The number of ether oxygens (including phenoxy) is 1. The summed E-state index contributed by atoms with van der Waals surface area (Å²) in [6.07, 6.45) is 0.969. The van der Waals surface area contributed by atoms with Crippen molar-refractivity contribution in [2.75, 3.05) is 58.1 Å². The number of nitrogens with two attached hydrogens (primary N) is 1. The van der Waals surface area contributed by atoms with Gasteiger partial charge in [0.1, 0.15) is 11.9 Å². The third-order valence-electron chi connectivity index (χ3n) is 7.42.